The maximum absolute atomic E-state index is 12.6. The number of fused-ring (bicyclic) bond motifs is 1. The van der Waals surface area contributed by atoms with Crippen molar-refractivity contribution in [3.8, 4) is 11.5 Å². The number of rotatable bonds is 3. The number of hydrogen-bond acceptors (Lipinski definition) is 3. The monoisotopic (exact) mass is 376 g/mol. The van der Waals surface area contributed by atoms with Gasteiger partial charge < -0.3 is 9.73 Å². The maximum Gasteiger partial charge on any atom is 0.255 e. The van der Waals surface area contributed by atoms with E-state index in [2.05, 4.69) is 10.3 Å². The van der Waals surface area contributed by atoms with Gasteiger partial charge in [-0.25, -0.2) is 4.98 Å². The summed E-state index contributed by atoms with van der Waals surface area (Å²) in [6.45, 7) is 3.94. The van der Waals surface area contributed by atoms with Crippen LogP contribution in [0.4, 0.5) is 5.69 Å². The first kappa shape index (κ1) is 17.3. The van der Waals surface area contributed by atoms with E-state index in [4.69, 9.17) is 16.0 Å². The average Bonchev–Trinajstić information content (AvgIpc) is 3.05. The number of oxazole rings is 1. The Hall–Kier alpha value is -3.11. The molecule has 4 aromatic rings. The molecular formula is C22H17ClN2O2. The minimum absolute atomic E-state index is 0.144. The molecule has 0 fully saturated rings. The number of benzene rings is 3. The summed E-state index contributed by atoms with van der Waals surface area (Å²) in [5.74, 6) is 0.337. The zero-order valence-corrected chi connectivity index (χ0v) is 15.7. The Morgan fingerprint density at radius 2 is 1.89 bits per heavy atom. The van der Waals surface area contributed by atoms with E-state index in [1.54, 1.807) is 18.2 Å². The lowest BCUT2D eigenvalue weighted by molar-refractivity contribution is 0.102. The van der Waals surface area contributed by atoms with Gasteiger partial charge in [-0.05, 0) is 61.9 Å². The van der Waals surface area contributed by atoms with Gasteiger partial charge >= 0.3 is 0 Å². The molecule has 0 bridgehead atoms. The number of carbonyl (C=O) groups is 1. The summed E-state index contributed by atoms with van der Waals surface area (Å²) < 4.78 is 5.80. The van der Waals surface area contributed by atoms with Crippen LogP contribution in [0.2, 0.25) is 5.02 Å². The van der Waals surface area contributed by atoms with Gasteiger partial charge in [-0.1, -0.05) is 35.4 Å². The van der Waals surface area contributed by atoms with Crippen LogP contribution in [-0.2, 0) is 0 Å². The van der Waals surface area contributed by atoms with Crippen LogP contribution in [0, 0.1) is 13.8 Å². The first-order valence-electron chi connectivity index (χ1n) is 8.55. The summed E-state index contributed by atoms with van der Waals surface area (Å²) in [4.78, 5) is 17.1. The van der Waals surface area contributed by atoms with Gasteiger partial charge in [0, 0.05) is 21.8 Å². The van der Waals surface area contributed by atoms with Gasteiger partial charge in [0.15, 0.2) is 5.58 Å². The molecule has 3 aromatic carbocycles. The van der Waals surface area contributed by atoms with Gasteiger partial charge in [0.1, 0.15) is 5.52 Å². The van der Waals surface area contributed by atoms with Crippen molar-refractivity contribution in [3.05, 3.63) is 82.4 Å². The number of hydrogen-bond donors (Lipinski definition) is 1. The number of anilines is 1. The smallest absolute Gasteiger partial charge is 0.255 e. The van der Waals surface area contributed by atoms with Crippen molar-refractivity contribution in [2.45, 2.75) is 13.8 Å². The zero-order valence-electron chi connectivity index (χ0n) is 14.9. The lowest BCUT2D eigenvalue weighted by Crippen LogP contribution is -2.13. The molecule has 27 heavy (non-hydrogen) atoms. The highest BCUT2D eigenvalue weighted by atomic mass is 35.5. The van der Waals surface area contributed by atoms with Crippen LogP contribution in [0.3, 0.4) is 0 Å². The van der Waals surface area contributed by atoms with Crippen molar-refractivity contribution in [1.29, 1.82) is 0 Å². The Kier molecular flexibility index (Phi) is 4.42. The number of carbonyl (C=O) groups excluding carboxylic acids is 1. The second-order valence-corrected chi connectivity index (χ2v) is 6.92. The lowest BCUT2D eigenvalue weighted by atomic mass is 10.1. The molecule has 0 saturated carbocycles. The molecular weight excluding hydrogens is 360 g/mol. The molecule has 0 saturated heterocycles. The van der Waals surface area contributed by atoms with E-state index in [1.807, 2.05) is 56.3 Å². The highest BCUT2D eigenvalue weighted by Gasteiger charge is 2.12. The fraction of sp³-hybridized carbons (Fsp3) is 0.0909. The van der Waals surface area contributed by atoms with Crippen molar-refractivity contribution in [3.63, 3.8) is 0 Å². The molecule has 0 radical (unpaired) electrons. The summed E-state index contributed by atoms with van der Waals surface area (Å²) in [5, 5.41) is 3.55. The molecule has 1 amide bonds. The van der Waals surface area contributed by atoms with Crippen LogP contribution in [0.25, 0.3) is 22.6 Å². The Labute approximate surface area is 161 Å². The fourth-order valence-corrected chi connectivity index (χ4v) is 3.19. The Bertz CT molecular complexity index is 1160. The largest absolute Gasteiger partial charge is 0.436 e. The predicted octanol–water partition coefficient (Wildman–Crippen LogP) is 6.02. The highest BCUT2D eigenvalue weighted by Crippen LogP contribution is 2.28. The molecule has 0 atom stereocenters. The van der Waals surface area contributed by atoms with E-state index in [1.165, 1.54) is 0 Å². The zero-order chi connectivity index (χ0) is 19.0. The van der Waals surface area contributed by atoms with Crippen LogP contribution in [0.5, 0.6) is 0 Å². The molecule has 4 nitrogen and oxygen atoms in total. The number of halogens is 1. The van der Waals surface area contributed by atoms with Crippen molar-refractivity contribution < 1.29 is 9.21 Å². The molecule has 134 valence electrons. The third kappa shape index (κ3) is 3.57. The van der Waals surface area contributed by atoms with Crippen LogP contribution in [0.15, 0.2) is 65.1 Å². The second kappa shape index (κ2) is 6.89. The lowest BCUT2D eigenvalue weighted by Gasteiger charge is -2.09. The van der Waals surface area contributed by atoms with Crippen molar-refractivity contribution >= 4 is 34.3 Å². The highest BCUT2D eigenvalue weighted by molar-refractivity contribution is 6.31. The van der Waals surface area contributed by atoms with Gasteiger partial charge in [-0.15, -0.1) is 0 Å². The van der Waals surface area contributed by atoms with Gasteiger partial charge in [0.05, 0.1) is 0 Å². The van der Waals surface area contributed by atoms with E-state index in [9.17, 15) is 4.79 Å². The van der Waals surface area contributed by atoms with E-state index < -0.39 is 0 Å². The topological polar surface area (TPSA) is 55.1 Å². The maximum atomic E-state index is 12.6. The molecule has 0 aliphatic heterocycles. The predicted molar refractivity (Wildman–Crippen MR) is 108 cm³/mol. The summed E-state index contributed by atoms with van der Waals surface area (Å²) in [5.41, 5.74) is 5.55. The molecule has 5 heteroatoms. The van der Waals surface area contributed by atoms with Crippen LogP contribution < -0.4 is 5.32 Å². The van der Waals surface area contributed by atoms with Gasteiger partial charge in [-0.2, -0.15) is 0 Å². The SMILES string of the molecule is Cc1ccc(C(=O)Nc2cccc(-c3nc4cc(Cl)ccc4o3)c2)c(C)c1. The van der Waals surface area contributed by atoms with Gasteiger partial charge in [0.25, 0.3) is 5.91 Å². The Morgan fingerprint density at radius 3 is 2.70 bits per heavy atom. The average molecular weight is 377 g/mol. The van der Waals surface area contributed by atoms with Crippen molar-refractivity contribution in [2.24, 2.45) is 0 Å². The van der Waals surface area contributed by atoms with E-state index in [-0.39, 0.29) is 5.91 Å². The van der Waals surface area contributed by atoms with Gasteiger partial charge in [-0.3, -0.25) is 4.79 Å². The Balaban J connectivity index is 1.62. The minimum Gasteiger partial charge on any atom is -0.436 e. The second-order valence-electron chi connectivity index (χ2n) is 6.48. The first-order valence-corrected chi connectivity index (χ1v) is 8.92. The molecule has 4 rings (SSSR count). The number of amides is 1. The quantitative estimate of drug-likeness (QED) is 0.475. The molecule has 0 unspecified atom stereocenters. The summed E-state index contributed by atoms with van der Waals surface area (Å²) in [6.07, 6.45) is 0. The fourth-order valence-electron chi connectivity index (χ4n) is 3.02. The van der Waals surface area contributed by atoms with Crippen molar-refractivity contribution in [2.75, 3.05) is 5.32 Å². The first-order chi connectivity index (χ1) is 13.0. The molecule has 0 aliphatic carbocycles. The van der Waals surface area contributed by atoms with Crippen LogP contribution in [-0.4, -0.2) is 10.9 Å². The third-order valence-electron chi connectivity index (χ3n) is 4.34. The van der Waals surface area contributed by atoms with Gasteiger partial charge in [0.2, 0.25) is 5.89 Å². The molecule has 1 N–H and O–H groups in total. The molecule has 0 spiro atoms. The summed E-state index contributed by atoms with van der Waals surface area (Å²) >= 11 is 6.01. The minimum atomic E-state index is -0.144. The summed E-state index contributed by atoms with van der Waals surface area (Å²) in [6, 6.07) is 18.5. The Morgan fingerprint density at radius 1 is 1.04 bits per heavy atom. The van der Waals surface area contributed by atoms with E-state index >= 15 is 0 Å². The number of aromatic nitrogens is 1. The third-order valence-corrected chi connectivity index (χ3v) is 4.58. The van der Waals surface area contributed by atoms with E-state index in [0.29, 0.717) is 33.3 Å². The van der Waals surface area contributed by atoms with Crippen LogP contribution >= 0.6 is 11.6 Å². The normalized spacial score (nSPS) is 10.9. The number of nitrogens with zero attached hydrogens (tertiary/aromatic N) is 1. The molecule has 0 aliphatic rings. The standard InChI is InChI=1S/C22H17ClN2O2/c1-13-6-8-18(14(2)10-13)21(26)24-17-5-3-4-15(11-17)22-25-19-12-16(23)7-9-20(19)27-22/h3-12H,1-2H3,(H,24,26). The van der Waals surface area contributed by atoms with Crippen LogP contribution in [0.1, 0.15) is 21.5 Å². The molecule has 1 heterocycles. The van der Waals surface area contributed by atoms with Crippen molar-refractivity contribution in [1.82, 2.24) is 4.98 Å². The van der Waals surface area contributed by atoms with E-state index in [0.717, 1.165) is 16.7 Å². The number of nitrogens with one attached hydrogen (secondary N) is 1. The number of aryl methyl sites for hydroxylation is 2. The molecule has 1 aromatic heterocycles. The summed E-state index contributed by atoms with van der Waals surface area (Å²) in [7, 11) is 0.